The number of amides is 2. The first kappa shape index (κ1) is 17.6. The van der Waals surface area contributed by atoms with E-state index in [1.54, 1.807) is 18.2 Å². The Hall–Kier alpha value is -1.76. The Kier molecular flexibility index (Phi) is 5.87. The average molecular weight is 339 g/mol. The molecule has 2 rings (SSSR count). The number of carbonyl (C=O) groups excluding carboxylic acids is 1. The lowest BCUT2D eigenvalue weighted by Crippen LogP contribution is -2.45. The Bertz CT molecular complexity index is 646. The third kappa shape index (κ3) is 6.09. The van der Waals surface area contributed by atoms with Crippen LogP contribution in [0.15, 0.2) is 24.3 Å². The van der Waals surface area contributed by atoms with Gasteiger partial charge in [-0.15, -0.1) is 0 Å². The van der Waals surface area contributed by atoms with Crippen LogP contribution >= 0.6 is 0 Å². The van der Waals surface area contributed by atoms with Crippen molar-refractivity contribution in [3.05, 3.63) is 29.8 Å². The fourth-order valence-electron chi connectivity index (χ4n) is 2.89. The molecule has 2 amide bonds. The molecular weight excluding hydrogens is 314 g/mol. The van der Waals surface area contributed by atoms with E-state index < -0.39 is 10.0 Å². The van der Waals surface area contributed by atoms with Crippen molar-refractivity contribution in [2.45, 2.75) is 45.2 Å². The molecule has 2 atom stereocenters. The summed E-state index contributed by atoms with van der Waals surface area (Å²) in [4.78, 5) is 12.0. The van der Waals surface area contributed by atoms with Gasteiger partial charge in [0.2, 0.25) is 10.0 Å². The van der Waals surface area contributed by atoms with E-state index in [9.17, 15) is 13.2 Å². The van der Waals surface area contributed by atoms with E-state index >= 15 is 0 Å². The van der Waals surface area contributed by atoms with Crippen LogP contribution in [0.2, 0.25) is 0 Å². The van der Waals surface area contributed by atoms with Crippen molar-refractivity contribution in [3.63, 3.8) is 0 Å². The van der Waals surface area contributed by atoms with Gasteiger partial charge in [-0.25, -0.2) is 13.2 Å². The monoisotopic (exact) mass is 339 g/mol. The first-order valence-corrected chi connectivity index (χ1v) is 9.84. The summed E-state index contributed by atoms with van der Waals surface area (Å²) in [6.45, 7) is 2.52. The summed E-state index contributed by atoms with van der Waals surface area (Å²) in [5, 5.41) is 5.86. The van der Waals surface area contributed by atoms with Gasteiger partial charge in [0, 0.05) is 18.3 Å². The molecule has 0 radical (unpaired) electrons. The van der Waals surface area contributed by atoms with E-state index in [1.165, 1.54) is 6.42 Å². The van der Waals surface area contributed by atoms with Crippen LogP contribution in [0.3, 0.4) is 0 Å². The van der Waals surface area contributed by atoms with Gasteiger partial charge in [0.25, 0.3) is 0 Å². The summed E-state index contributed by atoms with van der Waals surface area (Å²) in [5.74, 6) is 0.511. The second-order valence-corrected chi connectivity index (χ2v) is 8.02. The van der Waals surface area contributed by atoms with E-state index in [0.29, 0.717) is 18.2 Å². The Labute approximate surface area is 138 Å². The topological polar surface area (TPSA) is 87.3 Å². The van der Waals surface area contributed by atoms with Gasteiger partial charge in [-0.2, -0.15) is 0 Å². The van der Waals surface area contributed by atoms with E-state index in [2.05, 4.69) is 22.3 Å². The van der Waals surface area contributed by atoms with Crippen LogP contribution in [-0.2, 0) is 16.6 Å². The molecule has 1 aliphatic rings. The molecule has 1 aromatic carbocycles. The molecule has 0 saturated heterocycles. The highest BCUT2D eigenvalue weighted by molar-refractivity contribution is 7.92. The zero-order valence-electron chi connectivity index (χ0n) is 13.6. The second kappa shape index (κ2) is 7.68. The highest BCUT2D eigenvalue weighted by atomic mass is 32.2. The minimum Gasteiger partial charge on any atom is -0.335 e. The standard InChI is InChI=1S/C16H25N3O3S/c1-12-6-3-4-9-15(12)18-16(20)17-11-13-7-5-8-14(10-13)19-23(2,21)22/h5,7-8,10,12,15,19H,3-4,6,9,11H2,1-2H3,(H2,17,18,20). The zero-order valence-corrected chi connectivity index (χ0v) is 14.4. The lowest BCUT2D eigenvalue weighted by atomic mass is 9.86. The van der Waals surface area contributed by atoms with E-state index in [1.807, 2.05) is 6.07 Å². The van der Waals surface area contributed by atoms with Gasteiger partial charge in [-0.05, 0) is 36.5 Å². The number of hydrogen-bond donors (Lipinski definition) is 3. The molecule has 23 heavy (non-hydrogen) atoms. The van der Waals surface area contributed by atoms with Crippen LogP contribution in [-0.4, -0.2) is 26.7 Å². The van der Waals surface area contributed by atoms with Gasteiger partial charge in [-0.1, -0.05) is 31.9 Å². The van der Waals surface area contributed by atoms with Crippen molar-refractivity contribution in [1.29, 1.82) is 0 Å². The normalized spacial score (nSPS) is 21.5. The predicted octanol–water partition coefficient (Wildman–Crippen LogP) is 2.44. The zero-order chi connectivity index (χ0) is 16.9. The minimum absolute atomic E-state index is 0.176. The van der Waals surface area contributed by atoms with Crippen LogP contribution in [0, 0.1) is 5.92 Å². The SMILES string of the molecule is CC1CCCCC1NC(=O)NCc1cccc(NS(C)(=O)=O)c1. The van der Waals surface area contributed by atoms with Crippen molar-refractivity contribution < 1.29 is 13.2 Å². The highest BCUT2D eigenvalue weighted by Gasteiger charge is 2.22. The van der Waals surface area contributed by atoms with Crippen LogP contribution in [0.4, 0.5) is 10.5 Å². The molecule has 128 valence electrons. The molecule has 1 saturated carbocycles. The number of sulfonamides is 1. The lowest BCUT2D eigenvalue weighted by molar-refractivity contribution is 0.221. The quantitative estimate of drug-likeness (QED) is 0.770. The van der Waals surface area contributed by atoms with Crippen molar-refractivity contribution >= 4 is 21.7 Å². The summed E-state index contributed by atoms with van der Waals surface area (Å²) in [5.41, 5.74) is 1.33. The summed E-state index contributed by atoms with van der Waals surface area (Å²) >= 11 is 0. The van der Waals surface area contributed by atoms with E-state index in [4.69, 9.17) is 0 Å². The van der Waals surface area contributed by atoms with Crippen LogP contribution in [0.5, 0.6) is 0 Å². The molecule has 0 heterocycles. The first-order valence-electron chi connectivity index (χ1n) is 7.94. The summed E-state index contributed by atoms with van der Waals surface area (Å²) < 4.78 is 24.9. The largest absolute Gasteiger partial charge is 0.335 e. The molecule has 0 bridgehead atoms. The van der Waals surface area contributed by atoms with Gasteiger partial charge < -0.3 is 10.6 Å². The van der Waals surface area contributed by atoms with Crippen molar-refractivity contribution in [2.75, 3.05) is 11.0 Å². The molecule has 0 aliphatic heterocycles. The van der Waals surface area contributed by atoms with Crippen molar-refractivity contribution in [1.82, 2.24) is 10.6 Å². The lowest BCUT2D eigenvalue weighted by Gasteiger charge is -2.29. The third-order valence-electron chi connectivity index (χ3n) is 4.11. The first-order chi connectivity index (χ1) is 10.8. The maximum atomic E-state index is 12.0. The Balaban J connectivity index is 1.85. The molecule has 0 aromatic heterocycles. The van der Waals surface area contributed by atoms with Crippen molar-refractivity contribution in [3.8, 4) is 0 Å². The molecule has 1 fully saturated rings. The number of carbonyl (C=O) groups is 1. The molecule has 2 unspecified atom stereocenters. The van der Waals surface area contributed by atoms with E-state index in [-0.39, 0.29) is 12.1 Å². The van der Waals surface area contributed by atoms with Gasteiger partial charge >= 0.3 is 6.03 Å². The summed E-state index contributed by atoms with van der Waals surface area (Å²) in [6, 6.07) is 7.05. The fourth-order valence-corrected chi connectivity index (χ4v) is 3.45. The van der Waals surface area contributed by atoms with Gasteiger partial charge in [-0.3, -0.25) is 4.72 Å². The molecule has 3 N–H and O–H groups in total. The number of rotatable bonds is 5. The predicted molar refractivity (Wildman–Crippen MR) is 91.7 cm³/mol. The van der Waals surface area contributed by atoms with Crippen LogP contribution in [0.25, 0.3) is 0 Å². The van der Waals surface area contributed by atoms with Crippen LogP contribution < -0.4 is 15.4 Å². The second-order valence-electron chi connectivity index (χ2n) is 6.27. The Morgan fingerprint density at radius 1 is 1.26 bits per heavy atom. The number of benzene rings is 1. The van der Waals surface area contributed by atoms with Crippen molar-refractivity contribution in [2.24, 2.45) is 5.92 Å². The van der Waals surface area contributed by atoms with Gasteiger partial charge in [0.15, 0.2) is 0 Å². The molecule has 1 aliphatic carbocycles. The average Bonchev–Trinajstić information content (AvgIpc) is 2.46. The molecule has 0 spiro atoms. The van der Waals surface area contributed by atoms with Gasteiger partial charge in [0.05, 0.1) is 6.26 Å². The molecule has 7 heteroatoms. The maximum absolute atomic E-state index is 12.0. The summed E-state index contributed by atoms with van der Waals surface area (Å²) in [6.07, 6.45) is 5.69. The minimum atomic E-state index is -3.30. The number of nitrogens with one attached hydrogen (secondary N) is 3. The number of urea groups is 1. The maximum Gasteiger partial charge on any atom is 0.315 e. The third-order valence-corrected chi connectivity index (χ3v) is 4.72. The molecular formula is C16H25N3O3S. The molecule has 6 nitrogen and oxygen atoms in total. The van der Waals surface area contributed by atoms with Gasteiger partial charge in [0.1, 0.15) is 0 Å². The number of hydrogen-bond acceptors (Lipinski definition) is 3. The van der Waals surface area contributed by atoms with Crippen LogP contribution in [0.1, 0.15) is 38.2 Å². The Morgan fingerprint density at radius 3 is 2.70 bits per heavy atom. The smallest absolute Gasteiger partial charge is 0.315 e. The number of anilines is 1. The highest BCUT2D eigenvalue weighted by Crippen LogP contribution is 2.23. The van der Waals surface area contributed by atoms with E-state index in [0.717, 1.165) is 31.1 Å². The molecule has 1 aromatic rings. The summed E-state index contributed by atoms with van der Waals surface area (Å²) in [7, 11) is -3.30. The Morgan fingerprint density at radius 2 is 2.00 bits per heavy atom. The fraction of sp³-hybridized carbons (Fsp3) is 0.562.